The zero-order chi connectivity index (χ0) is 13.4. The molecule has 0 amide bonds. The van der Waals surface area contributed by atoms with Crippen LogP contribution in [0.5, 0.6) is 0 Å². The maximum Gasteiger partial charge on any atom is 0.0790 e. The summed E-state index contributed by atoms with van der Waals surface area (Å²) in [4.78, 5) is 0. The van der Waals surface area contributed by atoms with Gasteiger partial charge in [-0.1, -0.05) is 12.1 Å². The van der Waals surface area contributed by atoms with Gasteiger partial charge in [-0.25, -0.2) is 4.68 Å². The minimum Gasteiger partial charge on any atom is -0.316 e. The van der Waals surface area contributed by atoms with Crippen molar-refractivity contribution in [2.45, 2.75) is 26.2 Å². The molecule has 1 aliphatic heterocycles. The van der Waals surface area contributed by atoms with Gasteiger partial charge in [0.05, 0.1) is 11.4 Å². The van der Waals surface area contributed by atoms with Crippen molar-refractivity contribution in [3.05, 3.63) is 45.7 Å². The first-order valence-electron chi connectivity index (χ1n) is 6.70. The van der Waals surface area contributed by atoms with Crippen LogP contribution in [0, 0.1) is 13.8 Å². The maximum absolute atomic E-state index is 4.74. The fourth-order valence-electron chi connectivity index (χ4n) is 3.00. The Kier molecular flexibility index (Phi) is 3.46. The minimum absolute atomic E-state index is 0.608. The van der Waals surface area contributed by atoms with Gasteiger partial charge in [0.25, 0.3) is 0 Å². The summed E-state index contributed by atoms with van der Waals surface area (Å²) >= 11 is 3.61. The molecule has 0 spiro atoms. The smallest absolute Gasteiger partial charge is 0.0790 e. The lowest BCUT2D eigenvalue weighted by atomic mass is 9.96. The van der Waals surface area contributed by atoms with E-state index < -0.39 is 0 Å². The first-order chi connectivity index (χ1) is 9.18. The summed E-state index contributed by atoms with van der Waals surface area (Å²) in [5.74, 6) is 0.608. The van der Waals surface area contributed by atoms with Crippen molar-refractivity contribution in [1.29, 1.82) is 0 Å². The summed E-state index contributed by atoms with van der Waals surface area (Å²) in [7, 11) is 0. The number of aryl methyl sites for hydroxylation is 1. The molecule has 0 aliphatic carbocycles. The largest absolute Gasteiger partial charge is 0.316 e. The van der Waals surface area contributed by atoms with Crippen molar-refractivity contribution in [1.82, 2.24) is 15.1 Å². The van der Waals surface area contributed by atoms with Crippen molar-refractivity contribution in [3.63, 3.8) is 0 Å². The molecule has 1 aromatic carbocycles. The first-order valence-corrected chi connectivity index (χ1v) is 7.49. The molecule has 1 atom stereocenters. The van der Waals surface area contributed by atoms with Crippen LogP contribution in [0.3, 0.4) is 0 Å². The van der Waals surface area contributed by atoms with Gasteiger partial charge in [0.2, 0.25) is 0 Å². The number of halogens is 1. The van der Waals surface area contributed by atoms with Gasteiger partial charge in [0, 0.05) is 28.2 Å². The molecule has 0 bridgehead atoms. The quantitative estimate of drug-likeness (QED) is 0.920. The fourth-order valence-corrected chi connectivity index (χ4v) is 3.46. The van der Waals surface area contributed by atoms with Gasteiger partial charge >= 0.3 is 0 Å². The summed E-state index contributed by atoms with van der Waals surface area (Å²) in [6.45, 7) is 6.48. The van der Waals surface area contributed by atoms with Crippen LogP contribution >= 0.6 is 15.9 Å². The molecular weight excluding hydrogens is 302 g/mol. The Balaban J connectivity index is 2.09. The number of rotatable bonds is 2. The van der Waals surface area contributed by atoms with Crippen LogP contribution in [0.4, 0.5) is 0 Å². The molecule has 0 saturated carbocycles. The molecule has 1 aliphatic rings. The van der Waals surface area contributed by atoms with Crippen LogP contribution in [-0.4, -0.2) is 22.9 Å². The Hall–Kier alpha value is -1.13. The predicted octanol–water partition coefficient (Wildman–Crippen LogP) is 3.33. The van der Waals surface area contributed by atoms with Gasteiger partial charge in [-0.15, -0.1) is 0 Å². The molecule has 100 valence electrons. The lowest BCUT2D eigenvalue weighted by Crippen LogP contribution is -2.09. The summed E-state index contributed by atoms with van der Waals surface area (Å²) in [6, 6.07) is 8.23. The lowest BCUT2D eigenvalue weighted by molar-refractivity contribution is 0.749. The summed E-state index contributed by atoms with van der Waals surface area (Å²) < 4.78 is 3.14. The average molecular weight is 320 g/mol. The zero-order valence-corrected chi connectivity index (χ0v) is 12.9. The van der Waals surface area contributed by atoms with Crippen LogP contribution in [0.1, 0.15) is 29.3 Å². The number of para-hydroxylation sites is 1. The number of aromatic nitrogens is 2. The van der Waals surface area contributed by atoms with Crippen molar-refractivity contribution in [3.8, 4) is 5.69 Å². The van der Waals surface area contributed by atoms with E-state index in [9.17, 15) is 0 Å². The topological polar surface area (TPSA) is 29.9 Å². The van der Waals surface area contributed by atoms with Crippen molar-refractivity contribution >= 4 is 15.9 Å². The van der Waals surface area contributed by atoms with Crippen LogP contribution in [0.25, 0.3) is 5.69 Å². The number of hydrogen-bond donors (Lipinski definition) is 1. The standard InChI is InChI=1S/C15H18BrN3/c1-10-15(12-7-8-17-9-12)11(2)19(18-10)14-6-4-3-5-13(14)16/h3-6,12,17H,7-9H2,1-2H3. The van der Waals surface area contributed by atoms with Gasteiger partial charge in [-0.05, 0) is 54.9 Å². The average Bonchev–Trinajstić information content (AvgIpc) is 2.99. The molecule has 1 aromatic heterocycles. The molecule has 2 heterocycles. The molecule has 2 aromatic rings. The SMILES string of the molecule is Cc1nn(-c2ccccc2Br)c(C)c1C1CCNC1. The van der Waals surface area contributed by atoms with Gasteiger partial charge < -0.3 is 5.32 Å². The Labute approximate surface area is 122 Å². The second-order valence-corrected chi connectivity index (χ2v) is 5.99. The highest BCUT2D eigenvalue weighted by Gasteiger charge is 2.24. The monoisotopic (exact) mass is 319 g/mol. The molecule has 3 nitrogen and oxygen atoms in total. The summed E-state index contributed by atoms with van der Waals surface area (Å²) in [5.41, 5.74) is 4.95. The first kappa shape index (κ1) is 12.9. The van der Waals surface area contributed by atoms with E-state index in [0.29, 0.717) is 5.92 Å². The van der Waals surface area contributed by atoms with E-state index in [1.54, 1.807) is 0 Å². The Bertz CT molecular complexity index is 597. The fraction of sp³-hybridized carbons (Fsp3) is 0.400. The van der Waals surface area contributed by atoms with E-state index in [0.717, 1.165) is 28.9 Å². The second-order valence-electron chi connectivity index (χ2n) is 5.14. The molecule has 0 radical (unpaired) electrons. The van der Waals surface area contributed by atoms with Crippen LogP contribution in [0.15, 0.2) is 28.7 Å². The summed E-state index contributed by atoms with van der Waals surface area (Å²) in [6.07, 6.45) is 1.21. The predicted molar refractivity (Wildman–Crippen MR) is 81.0 cm³/mol. The molecule has 1 fully saturated rings. The molecule has 3 rings (SSSR count). The van der Waals surface area contributed by atoms with E-state index in [2.05, 4.69) is 51.9 Å². The molecule has 19 heavy (non-hydrogen) atoms. The molecule has 1 saturated heterocycles. The van der Waals surface area contributed by atoms with Gasteiger partial charge in [0.15, 0.2) is 0 Å². The van der Waals surface area contributed by atoms with E-state index in [4.69, 9.17) is 5.10 Å². The minimum atomic E-state index is 0.608. The van der Waals surface area contributed by atoms with Crippen LogP contribution in [-0.2, 0) is 0 Å². The van der Waals surface area contributed by atoms with Crippen LogP contribution in [0.2, 0.25) is 0 Å². The van der Waals surface area contributed by atoms with Gasteiger partial charge in [-0.2, -0.15) is 5.10 Å². The van der Waals surface area contributed by atoms with E-state index in [-0.39, 0.29) is 0 Å². The van der Waals surface area contributed by atoms with Gasteiger partial charge in [-0.3, -0.25) is 0 Å². The van der Waals surface area contributed by atoms with E-state index in [1.807, 2.05) is 12.1 Å². The number of hydrogen-bond acceptors (Lipinski definition) is 2. The normalized spacial score (nSPS) is 19.0. The van der Waals surface area contributed by atoms with Crippen LogP contribution < -0.4 is 5.32 Å². The third kappa shape index (κ3) is 2.23. The Morgan fingerprint density at radius 3 is 2.79 bits per heavy atom. The van der Waals surface area contributed by atoms with E-state index in [1.165, 1.54) is 17.7 Å². The molecular formula is C15H18BrN3. The Morgan fingerprint density at radius 2 is 2.11 bits per heavy atom. The summed E-state index contributed by atoms with van der Waals surface area (Å²) in [5, 5.41) is 8.18. The van der Waals surface area contributed by atoms with E-state index >= 15 is 0 Å². The Morgan fingerprint density at radius 1 is 1.32 bits per heavy atom. The third-order valence-electron chi connectivity index (χ3n) is 3.90. The number of nitrogens with zero attached hydrogens (tertiary/aromatic N) is 2. The maximum atomic E-state index is 4.74. The van der Waals surface area contributed by atoms with Crippen molar-refractivity contribution in [2.75, 3.05) is 13.1 Å². The van der Waals surface area contributed by atoms with Gasteiger partial charge in [0.1, 0.15) is 0 Å². The second kappa shape index (κ2) is 5.10. The van der Waals surface area contributed by atoms with Crippen molar-refractivity contribution < 1.29 is 0 Å². The lowest BCUT2D eigenvalue weighted by Gasteiger charge is -2.10. The highest BCUT2D eigenvalue weighted by atomic mass is 79.9. The highest BCUT2D eigenvalue weighted by molar-refractivity contribution is 9.10. The highest BCUT2D eigenvalue weighted by Crippen LogP contribution is 2.31. The third-order valence-corrected chi connectivity index (χ3v) is 4.57. The molecule has 1 unspecified atom stereocenters. The molecule has 1 N–H and O–H groups in total. The zero-order valence-electron chi connectivity index (χ0n) is 11.3. The molecule has 4 heteroatoms. The number of benzene rings is 1. The van der Waals surface area contributed by atoms with Crippen molar-refractivity contribution in [2.24, 2.45) is 0 Å². The number of nitrogens with one attached hydrogen (secondary N) is 1.